The maximum atomic E-state index is 11.9. The van der Waals surface area contributed by atoms with E-state index in [2.05, 4.69) is 10.6 Å². The van der Waals surface area contributed by atoms with Gasteiger partial charge in [-0.2, -0.15) is 0 Å². The van der Waals surface area contributed by atoms with Crippen molar-refractivity contribution in [3.05, 3.63) is 24.3 Å². The number of amides is 2. The van der Waals surface area contributed by atoms with E-state index in [9.17, 15) is 9.59 Å². The maximum Gasteiger partial charge on any atom is 0.242 e. The molecule has 1 aromatic carbocycles. The molecule has 1 aromatic rings. The van der Waals surface area contributed by atoms with Crippen molar-refractivity contribution in [3.8, 4) is 0 Å². The first-order valence-electron chi connectivity index (χ1n) is 6.63. The molecule has 108 valence electrons. The molecule has 1 saturated carbocycles. The van der Waals surface area contributed by atoms with Crippen LogP contribution in [0, 0.1) is 0 Å². The van der Waals surface area contributed by atoms with Crippen LogP contribution < -0.4 is 16.4 Å². The summed E-state index contributed by atoms with van der Waals surface area (Å²) in [6.07, 6.45) is 2.15. The Morgan fingerprint density at radius 3 is 2.75 bits per heavy atom. The summed E-state index contributed by atoms with van der Waals surface area (Å²) in [6.45, 7) is 1.83. The van der Waals surface area contributed by atoms with Crippen LogP contribution in [-0.2, 0) is 9.59 Å². The summed E-state index contributed by atoms with van der Waals surface area (Å²) in [5.74, 6) is -0.132. The van der Waals surface area contributed by atoms with Crippen LogP contribution in [0.3, 0.4) is 0 Å². The van der Waals surface area contributed by atoms with Gasteiger partial charge in [0.05, 0.1) is 5.75 Å². The van der Waals surface area contributed by atoms with Gasteiger partial charge in [-0.15, -0.1) is 11.8 Å². The molecule has 0 heterocycles. The van der Waals surface area contributed by atoms with Gasteiger partial charge >= 0.3 is 0 Å². The van der Waals surface area contributed by atoms with Crippen molar-refractivity contribution < 1.29 is 9.59 Å². The van der Waals surface area contributed by atoms with Crippen LogP contribution in [0.1, 0.15) is 19.8 Å². The highest BCUT2D eigenvalue weighted by molar-refractivity contribution is 8.00. The molecule has 5 nitrogen and oxygen atoms in total. The lowest BCUT2D eigenvalue weighted by molar-refractivity contribution is -0.121. The molecule has 20 heavy (non-hydrogen) atoms. The molecule has 0 bridgehead atoms. The Hall–Kier alpha value is -1.69. The molecule has 0 radical (unpaired) electrons. The highest BCUT2D eigenvalue weighted by atomic mass is 32.2. The first-order valence-corrected chi connectivity index (χ1v) is 7.62. The average Bonchev–Trinajstić information content (AvgIpc) is 3.21. The van der Waals surface area contributed by atoms with Crippen molar-refractivity contribution in [2.45, 2.75) is 36.7 Å². The number of primary amides is 1. The number of nitrogens with one attached hydrogen (secondary N) is 2. The molecular weight excluding hydrogens is 274 g/mol. The summed E-state index contributed by atoms with van der Waals surface area (Å²) in [5, 5.41) is 6.14. The second kappa shape index (κ2) is 6.65. The zero-order valence-corrected chi connectivity index (χ0v) is 12.2. The molecule has 0 unspecified atom stereocenters. The van der Waals surface area contributed by atoms with Gasteiger partial charge in [0.2, 0.25) is 11.8 Å². The van der Waals surface area contributed by atoms with Crippen LogP contribution >= 0.6 is 11.8 Å². The van der Waals surface area contributed by atoms with E-state index < -0.39 is 0 Å². The minimum atomic E-state index is -0.357. The first-order chi connectivity index (χ1) is 9.56. The second-order valence-electron chi connectivity index (χ2n) is 4.90. The van der Waals surface area contributed by atoms with Crippen molar-refractivity contribution >= 4 is 29.3 Å². The SMILES string of the molecule is C[C@H](Nc1ccccc1SCC(N)=O)C(=O)NC1CC1. The number of nitrogens with two attached hydrogens (primary N) is 1. The summed E-state index contributed by atoms with van der Waals surface area (Å²) in [4.78, 5) is 23.7. The van der Waals surface area contributed by atoms with Gasteiger partial charge in [-0.1, -0.05) is 12.1 Å². The van der Waals surface area contributed by atoms with Crippen molar-refractivity contribution in [2.24, 2.45) is 5.73 Å². The number of para-hydroxylation sites is 1. The fourth-order valence-corrected chi connectivity index (χ4v) is 2.47. The molecule has 2 amide bonds. The average molecular weight is 293 g/mol. The summed E-state index contributed by atoms with van der Waals surface area (Å²) in [7, 11) is 0. The summed E-state index contributed by atoms with van der Waals surface area (Å²) < 4.78 is 0. The van der Waals surface area contributed by atoms with Gasteiger partial charge < -0.3 is 16.4 Å². The number of benzene rings is 1. The van der Waals surface area contributed by atoms with E-state index in [4.69, 9.17) is 5.73 Å². The number of carbonyl (C=O) groups is 2. The summed E-state index contributed by atoms with van der Waals surface area (Å²) in [6, 6.07) is 7.62. The Kier molecular flexibility index (Phi) is 4.89. The summed E-state index contributed by atoms with van der Waals surface area (Å²) in [5.41, 5.74) is 6.00. The van der Waals surface area contributed by atoms with Crippen molar-refractivity contribution in [2.75, 3.05) is 11.1 Å². The number of rotatable bonds is 7. The van der Waals surface area contributed by atoms with E-state index in [1.165, 1.54) is 11.8 Å². The van der Waals surface area contributed by atoms with Crippen LogP contribution in [-0.4, -0.2) is 29.7 Å². The van der Waals surface area contributed by atoms with E-state index in [-0.39, 0.29) is 23.6 Å². The molecule has 1 aliphatic rings. The normalized spacial score (nSPS) is 15.4. The number of hydrogen-bond acceptors (Lipinski definition) is 4. The number of anilines is 1. The minimum Gasteiger partial charge on any atom is -0.373 e. The van der Waals surface area contributed by atoms with Crippen molar-refractivity contribution in [1.29, 1.82) is 0 Å². The molecule has 0 aliphatic heterocycles. The van der Waals surface area contributed by atoms with Gasteiger partial charge in [-0.3, -0.25) is 9.59 Å². The van der Waals surface area contributed by atoms with Gasteiger partial charge in [0, 0.05) is 16.6 Å². The third-order valence-electron chi connectivity index (χ3n) is 2.95. The predicted molar refractivity (Wildman–Crippen MR) is 80.6 cm³/mol. The lowest BCUT2D eigenvalue weighted by Crippen LogP contribution is -2.38. The molecule has 4 N–H and O–H groups in total. The van der Waals surface area contributed by atoms with E-state index in [1.807, 2.05) is 31.2 Å². The van der Waals surface area contributed by atoms with E-state index in [0.29, 0.717) is 6.04 Å². The Morgan fingerprint density at radius 1 is 1.40 bits per heavy atom. The van der Waals surface area contributed by atoms with E-state index >= 15 is 0 Å². The molecule has 0 spiro atoms. The zero-order chi connectivity index (χ0) is 14.5. The van der Waals surface area contributed by atoms with Gasteiger partial charge in [0.25, 0.3) is 0 Å². The van der Waals surface area contributed by atoms with E-state index in [0.717, 1.165) is 23.4 Å². The number of hydrogen-bond donors (Lipinski definition) is 3. The Labute approximate surface area is 122 Å². The Balaban J connectivity index is 1.96. The van der Waals surface area contributed by atoms with E-state index in [1.54, 1.807) is 0 Å². The first kappa shape index (κ1) is 14.7. The topological polar surface area (TPSA) is 84.2 Å². The largest absolute Gasteiger partial charge is 0.373 e. The minimum absolute atomic E-state index is 0.00204. The van der Waals surface area contributed by atoms with Crippen LogP contribution in [0.15, 0.2) is 29.2 Å². The molecule has 0 saturated heterocycles. The monoisotopic (exact) mass is 293 g/mol. The van der Waals surface area contributed by atoms with Crippen LogP contribution in [0.4, 0.5) is 5.69 Å². The van der Waals surface area contributed by atoms with Crippen LogP contribution in [0.2, 0.25) is 0 Å². The second-order valence-corrected chi connectivity index (χ2v) is 5.92. The fourth-order valence-electron chi connectivity index (χ4n) is 1.71. The Bertz CT molecular complexity index is 503. The number of carbonyl (C=O) groups excluding carboxylic acids is 2. The molecule has 0 aromatic heterocycles. The highest BCUT2D eigenvalue weighted by Crippen LogP contribution is 2.27. The predicted octanol–water partition coefficient (Wildman–Crippen LogP) is 1.34. The van der Waals surface area contributed by atoms with Gasteiger partial charge in [0.1, 0.15) is 6.04 Å². The molecule has 1 atom stereocenters. The quantitative estimate of drug-likeness (QED) is 0.662. The zero-order valence-electron chi connectivity index (χ0n) is 11.4. The third kappa shape index (κ3) is 4.45. The number of thioether (sulfide) groups is 1. The van der Waals surface area contributed by atoms with Crippen LogP contribution in [0.25, 0.3) is 0 Å². The Morgan fingerprint density at radius 2 is 2.10 bits per heavy atom. The highest BCUT2D eigenvalue weighted by Gasteiger charge is 2.25. The third-order valence-corrected chi connectivity index (χ3v) is 4.04. The lowest BCUT2D eigenvalue weighted by Gasteiger charge is -2.17. The molecule has 1 aliphatic carbocycles. The molecule has 1 fully saturated rings. The van der Waals surface area contributed by atoms with Crippen molar-refractivity contribution in [3.63, 3.8) is 0 Å². The van der Waals surface area contributed by atoms with Gasteiger partial charge in [-0.25, -0.2) is 0 Å². The van der Waals surface area contributed by atoms with Crippen molar-refractivity contribution in [1.82, 2.24) is 5.32 Å². The fraction of sp³-hybridized carbons (Fsp3) is 0.429. The standard InChI is InChI=1S/C14H19N3O2S/c1-9(14(19)17-10-6-7-10)16-11-4-2-3-5-12(11)20-8-13(15)18/h2-5,9-10,16H,6-8H2,1H3,(H2,15,18)(H,17,19)/t9-/m0/s1. The molecular formula is C14H19N3O2S. The molecule has 2 rings (SSSR count). The maximum absolute atomic E-state index is 11.9. The van der Waals surface area contributed by atoms with Gasteiger partial charge in [0.15, 0.2) is 0 Å². The summed E-state index contributed by atoms with van der Waals surface area (Å²) >= 11 is 1.37. The van der Waals surface area contributed by atoms with Gasteiger partial charge in [-0.05, 0) is 31.9 Å². The lowest BCUT2D eigenvalue weighted by atomic mass is 10.2. The smallest absolute Gasteiger partial charge is 0.242 e. The van der Waals surface area contributed by atoms with Crippen LogP contribution in [0.5, 0.6) is 0 Å². The molecule has 6 heteroatoms.